The molecule has 0 saturated carbocycles. The molecule has 2 aromatic heterocycles. The van der Waals surface area contributed by atoms with E-state index in [2.05, 4.69) is 5.10 Å². The van der Waals surface area contributed by atoms with Gasteiger partial charge in [0.1, 0.15) is 11.1 Å². The Morgan fingerprint density at radius 3 is 2.10 bits per heavy atom. The van der Waals surface area contributed by atoms with Crippen LogP contribution in [-0.4, -0.2) is 50.0 Å². The van der Waals surface area contributed by atoms with Gasteiger partial charge < -0.3 is 20.1 Å². The summed E-state index contributed by atoms with van der Waals surface area (Å²) in [6.45, 7) is 0. The summed E-state index contributed by atoms with van der Waals surface area (Å²) < 4.78 is 5.54. The molecule has 20 heavy (non-hydrogen) atoms. The van der Waals surface area contributed by atoms with Gasteiger partial charge in [-0.1, -0.05) is 0 Å². The zero-order chi connectivity index (χ0) is 15.0. The number of rotatable bonds is 4. The summed E-state index contributed by atoms with van der Waals surface area (Å²) in [5.41, 5.74) is -2.35. The summed E-state index contributed by atoms with van der Waals surface area (Å²) in [7, 11) is 1.29. The highest BCUT2D eigenvalue weighted by atomic mass is 16.5. The molecule has 0 spiro atoms. The summed E-state index contributed by atoms with van der Waals surface area (Å²) >= 11 is 0. The molecule has 2 heterocycles. The Labute approximate surface area is 110 Å². The Kier molecular flexibility index (Phi) is 3.02. The van der Waals surface area contributed by atoms with Crippen LogP contribution in [0.25, 0.3) is 5.52 Å². The van der Waals surface area contributed by atoms with E-state index in [4.69, 9.17) is 20.1 Å². The molecule has 2 aromatic rings. The third-order valence-corrected chi connectivity index (χ3v) is 2.60. The van der Waals surface area contributed by atoms with Crippen molar-refractivity contribution in [3.8, 4) is 5.88 Å². The van der Waals surface area contributed by atoms with Crippen molar-refractivity contribution in [1.82, 2.24) is 9.61 Å². The number of carboxylic acid groups (broad SMARTS) is 3. The highest BCUT2D eigenvalue weighted by molar-refractivity contribution is 6.13. The second-order valence-corrected chi connectivity index (χ2v) is 3.69. The molecule has 2 rings (SSSR count). The van der Waals surface area contributed by atoms with Crippen LogP contribution in [-0.2, 0) is 0 Å². The lowest BCUT2D eigenvalue weighted by molar-refractivity contribution is 0.0633. The number of carboxylic acids is 3. The number of hydrogen-bond donors (Lipinski definition) is 3. The van der Waals surface area contributed by atoms with Crippen molar-refractivity contribution in [3.63, 3.8) is 0 Å². The number of nitrogens with zero attached hydrogens (tertiary/aromatic N) is 2. The van der Waals surface area contributed by atoms with E-state index in [1.807, 2.05) is 0 Å². The maximum atomic E-state index is 11.2. The van der Waals surface area contributed by atoms with Gasteiger partial charge in [0.2, 0.25) is 5.88 Å². The van der Waals surface area contributed by atoms with Crippen molar-refractivity contribution in [2.24, 2.45) is 0 Å². The normalized spacial score (nSPS) is 10.4. The summed E-state index contributed by atoms with van der Waals surface area (Å²) in [4.78, 5) is 33.6. The van der Waals surface area contributed by atoms with E-state index in [9.17, 15) is 14.4 Å². The standard InChI is InChI=1S/C11H8N2O7/c1-20-5-3-2-4-6(9(14)15)7(10(16)17)8(11(18)19)13(4)12-5/h2-3H,1H3,(H,14,15)(H,16,17)(H,18,19). The lowest BCUT2D eigenvalue weighted by Gasteiger charge is -2.01. The first-order valence-electron chi connectivity index (χ1n) is 5.18. The van der Waals surface area contributed by atoms with Crippen LogP contribution in [0, 0.1) is 0 Å². The molecule has 0 aliphatic carbocycles. The maximum absolute atomic E-state index is 11.2. The van der Waals surface area contributed by atoms with Crippen molar-refractivity contribution in [2.75, 3.05) is 7.11 Å². The van der Waals surface area contributed by atoms with Crippen LogP contribution in [0.15, 0.2) is 12.1 Å². The van der Waals surface area contributed by atoms with Crippen molar-refractivity contribution in [3.05, 3.63) is 29.0 Å². The summed E-state index contributed by atoms with van der Waals surface area (Å²) in [5.74, 6) is -4.81. The molecule has 0 aliphatic rings. The molecule has 0 aromatic carbocycles. The Morgan fingerprint density at radius 1 is 1.05 bits per heavy atom. The molecule has 0 saturated heterocycles. The zero-order valence-corrected chi connectivity index (χ0v) is 10.0. The monoisotopic (exact) mass is 280 g/mol. The lowest BCUT2D eigenvalue weighted by Crippen LogP contribution is -2.12. The molecule has 0 fully saturated rings. The average molecular weight is 280 g/mol. The molecule has 9 heteroatoms. The Hall–Kier alpha value is -3.10. The first kappa shape index (κ1) is 13.3. The van der Waals surface area contributed by atoms with Gasteiger partial charge in [-0.05, 0) is 6.07 Å². The Bertz CT molecular complexity index is 747. The van der Waals surface area contributed by atoms with E-state index in [0.717, 1.165) is 4.52 Å². The average Bonchev–Trinajstić information content (AvgIpc) is 2.72. The Balaban J connectivity index is 3.02. The maximum Gasteiger partial charge on any atom is 0.355 e. The molecule has 0 amide bonds. The first-order valence-corrected chi connectivity index (χ1v) is 5.18. The number of aromatic carboxylic acids is 3. The molecule has 104 valence electrons. The van der Waals surface area contributed by atoms with Gasteiger partial charge in [0.15, 0.2) is 5.69 Å². The van der Waals surface area contributed by atoms with Crippen LogP contribution in [0.1, 0.15) is 31.2 Å². The van der Waals surface area contributed by atoms with Crippen molar-refractivity contribution < 1.29 is 34.4 Å². The van der Waals surface area contributed by atoms with E-state index in [1.54, 1.807) is 0 Å². The fourth-order valence-corrected chi connectivity index (χ4v) is 1.85. The van der Waals surface area contributed by atoms with Gasteiger partial charge in [-0.25, -0.2) is 18.9 Å². The number of fused-ring (bicyclic) bond motifs is 1. The molecular formula is C11H8N2O7. The van der Waals surface area contributed by atoms with Gasteiger partial charge in [-0.3, -0.25) is 0 Å². The van der Waals surface area contributed by atoms with Gasteiger partial charge in [-0.15, -0.1) is 5.10 Å². The minimum absolute atomic E-state index is 0.0175. The lowest BCUT2D eigenvalue weighted by atomic mass is 10.1. The van der Waals surface area contributed by atoms with E-state index in [1.165, 1.54) is 19.2 Å². The Morgan fingerprint density at radius 2 is 1.65 bits per heavy atom. The number of ether oxygens (including phenoxy) is 1. The number of hydrogen-bond acceptors (Lipinski definition) is 5. The predicted molar refractivity (Wildman–Crippen MR) is 62.6 cm³/mol. The van der Waals surface area contributed by atoms with Crippen molar-refractivity contribution in [1.29, 1.82) is 0 Å². The van der Waals surface area contributed by atoms with E-state index in [-0.39, 0.29) is 11.4 Å². The second-order valence-electron chi connectivity index (χ2n) is 3.69. The number of aromatic nitrogens is 2. The van der Waals surface area contributed by atoms with Gasteiger partial charge >= 0.3 is 17.9 Å². The summed E-state index contributed by atoms with van der Waals surface area (Å²) in [5, 5.41) is 31.0. The smallest absolute Gasteiger partial charge is 0.355 e. The molecule has 0 bridgehead atoms. The molecule has 9 nitrogen and oxygen atoms in total. The van der Waals surface area contributed by atoms with Crippen LogP contribution in [0.2, 0.25) is 0 Å². The molecule has 0 aliphatic heterocycles. The van der Waals surface area contributed by atoms with E-state index < -0.39 is 34.7 Å². The minimum atomic E-state index is -1.66. The van der Waals surface area contributed by atoms with Gasteiger partial charge in [0.05, 0.1) is 12.6 Å². The summed E-state index contributed by atoms with van der Waals surface area (Å²) in [6.07, 6.45) is 0. The zero-order valence-electron chi connectivity index (χ0n) is 10.0. The first-order chi connectivity index (χ1) is 9.38. The fourth-order valence-electron chi connectivity index (χ4n) is 1.85. The third-order valence-electron chi connectivity index (χ3n) is 2.60. The number of methoxy groups -OCH3 is 1. The quantitative estimate of drug-likeness (QED) is 0.733. The molecule has 0 atom stereocenters. The van der Waals surface area contributed by atoms with Crippen LogP contribution in [0.3, 0.4) is 0 Å². The molecule has 0 radical (unpaired) electrons. The van der Waals surface area contributed by atoms with Crippen LogP contribution in [0.5, 0.6) is 5.88 Å². The van der Waals surface area contributed by atoms with Gasteiger partial charge in [-0.2, -0.15) is 0 Å². The summed E-state index contributed by atoms with van der Waals surface area (Å²) in [6, 6.07) is 2.53. The highest BCUT2D eigenvalue weighted by Gasteiger charge is 2.32. The largest absolute Gasteiger partial charge is 0.480 e. The minimum Gasteiger partial charge on any atom is -0.480 e. The SMILES string of the molecule is COc1ccc2c(C(=O)O)c(C(=O)O)c(C(=O)O)n2n1. The highest BCUT2D eigenvalue weighted by Crippen LogP contribution is 2.25. The molecule has 0 unspecified atom stereocenters. The van der Waals surface area contributed by atoms with Gasteiger partial charge in [0, 0.05) is 6.07 Å². The second kappa shape index (κ2) is 4.53. The van der Waals surface area contributed by atoms with Crippen LogP contribution < -0.4 is 4.74 Å². The van der Waals surface area contributed by atoms with Crippen molar-refractivity contribution in [2.45, 2.75) is 0 Å². The topological polar surface area (TPSA) is 138 Å². The molecule has 3 N–H and O–H groups in total. The van der Waals surface area contributed by atoms with Crippen LogP contribution >= 0.6 is 0 Å². The van der Waals surface area contributed by atoms with Crippen LogP contribution in [0.4, 0.5) is 0 Å². The fraction of sp³-hybridized carbons (Fsp3) is 0.0909. The molecular weight excluding hydrogens is 272 g/mol. The predicted octanol–water partition coefficient (Wildman–Crippen LogP) is 0.437. The van der Waals surface area contributed by atoms with E-state index >= 15 is 0 Å². The van der Waals surface area contributed by atoms with Gasteiger partial charge in [0.25, 0.3) is 0 Å². The third kappa shape index (κ3) is 1.81. The van der Waals surface area contributed by atoms with E-state index in [0.29, 0.717) is 0 Å². The number of carbonyl (C=O) groups is 3. The van der Waals surface area contributed by atoms with Crippen molar-refractivity contribution >= 4 is 23.4 Å².